The number of hydrogen-bond donors (Lipinski definition) is 1. The minimum absolute atomic E-state index is 0.00284. The fraction of sp³-hybridized carbons (Fsp3) is 0.476. The average molecular weight is 382 g/mol. The van der Waals surface area contributed by atoms with Crippen LogP contribution in [-0.4, -0.2) is 58.1 Å². The Morgan fingerprint density at radius 2 is 2.04 bits per heavy atom. The molecule has 4 rings (SSSR count). The van der Waals surface area contributed by atoms with E-state index in [1.54, 1.807) is 0 Å². The number of rotatable bonds is 4. The number of H-pyrrole nitrogens is 1. The molecule has 1 amide bonds. The topological polar surface area (TPSA) is 78.5 Å². The lowest BCUT2D eigenvalue weighted by Gasteiger charge is -2.40. The van der Waals surface area contributed by atoms with Gasteiger partial charge in [-0.1, -0.05) is 30.3 Å². The molecule has 0 radical (unpaired) electrons. The predicted octanol–water partition coefficient (Wildman–Crippen LogP) is 1.97. The number of hydrogen-bond acceptors (Lipinski definition) is 5. The molecule has 0 unspecified atom stereocenters. The van der Waals surface area contributed by atoms with Crippen molar-refractivity contribution in [2.45, 2.75) is 38.9 Å². The van der Waals surface area contributed by atoms with Gasteiger partial charge in [0.25, 0.3) is 0 Å². The van der Waals surface area contributed by atoms with Crippen LogP contribution in [0.25, 0.3) is 0 Å². The number of carbonyl (C=O) groups excluding carboxylic acids is 2. The third-order valence-corrected chi connectivity index (χ3v) is 6.02. The standard InChI is InChI=1S/C21H26N4O3/c1-13-18(14(2)23-22-13)11-24-10-16-9-17(21(27)28-3)20(25(16)19(26)12-24)15-7-5-4-6-8-15/h4-8,16-17,20H,9-12H2,1-3H3,(H,22,23)/t16-,17-,20-/m0/s1. The highest BCUT2D eigenvalue weighted by Gasteiger charge is 2.50. The molecule has 28 heavy (non-hydrogen) atoms. The van der Waals surface area contributed by atoms with Crippen molar-refractivity contribution in [3.8, 4) is 0 Å². The van der Waals surface area contributed by atoms with Gasteiger partial charge in [0.05, 0.1) is 31.3 Å². The third kappa shape index (κ3) is 3.20. The molecule has 2 aromatic rings. The van der Waals surface area contributed by atoms with Crippen molar-refractivity contribution in [2.75, 3.05) is 20.2 Å². The summed E-state index contributed by atoms with van der Waals surface area (Å²) in [6, 6.07) is 9.55. The molecule has 148 valence electrons. The maximum Gasteiger partial charge on any atom is 0.311 e. The number of esters is 1. The van der Waals surface area contributed by atoms with Crippen LogP contribution in [0.3, 0.4) is 0 Å². The minimum Gasteiger partial charge on any atom is -0.469 e. The van der Waals surface area contributed by atoms with Crippen LogP contribution in [0.5, 0.6) is 0 Å². The molecule has 0 bridgehead atoms. The highest BCUT2D eigenvalue weighted by Crippen LogP contribution is 2.43. The fourth-order valence-corrected chi connectivity index (χ4v) is 4.68. The molecule has 7 nitrogen and oxygen atoms in total. The maximum absolute atomic E-state index is 13.1. The lowest BCUT2D eigenvalue weighted by molar-refractivity contribution is -0.147. The molecular formula is C21H26N4O3. The second kappa shape index (κ2) is 7.39. The van der Waals surface area contributed by atoms with Gasteiger partial charge in [-0.15, -0.1) is 0 Å². The fourth-order valence-electron chi connectivity index (χ4n) is 4.68. The molecule has 1 aromatic heterocycles. The number of nitrogens with zero attached hydrogens (tertiary/aromatic N) is 3. The van der Waals surface area contributed by atoms with E-state index in [0.29, 0.717) is 19.5 Å². The Morgan fingerprint density at radius 1 is 1.29 bits per heavy atom. The van der Waals surface area contributed by atoms with Gasteiger partial charge in [0.1, 0.15) is 0 Å². The Morgan fingerprint density at radius 3 is 2.68 bits per heavy atom. The first kappa shape index (κ1) is 18.7. The van der Waals surface area contributed by atoms with Crippen LogP contribution in [0.1, 0.15) is 35.0 Å². The Bertz CT molecular complexity index is 860. The molecule has 3 heterocycles. The monoisotopic (exact) mass is 382 g/mol. The molecule has 2 saturated heterocycles. The third-order valence-electron chi connectivity index (χ3n) is 6.02. The number of methoxy groups -OCH3 is 1. The molecule has 2 fully saturated rings. The van der Waals surface area contributed by atoms with Crippen molar-refractivity contribution in [1.29, 1.82) is 0 Å². The first-order valence-electron chi connectivity index (χ1n) is 9.66. The van der Waals surface area contributed by atoms with E-state index >= 15 is 0 Å². The Balaban J connectivity index is 1.60. The molecule has 0 saturated carbocycles. The summed E-state index contributed by atoms with van der Waals surface area (Å²) in [6.07, 6.45) is 0.623. The Kier molecular flexibility index (Phi) is 4.93. The smallest absolute Gasteiger partial charge is 0.311 e. The zero-order valence-electron chi connectivity index (χ0n) is 16.5. The molecule has 7 heteroatoms. The second-order valence-electron chi connectivity index (χ2n) is 7.76. The quantitative estimate of drug-likeness (QED) is 0.818. The number of aromatic nitrogens is 2. The lowest BCUT2D eigenvalue weighted by Crippen LogP contribution is -2.54. The largest absolute Gasteiger partial charge is 0.469 e. The van der Waals surface area contributed by atoms with Gasteiger partial charge in [-0.05, 0) is 25.8 Å². The SMILES string of the molecule is COC(=O)[C@H]1C[C@H]2CN(Cc3c(C)n[nH]c3C)CC(=O)N2[C@H]1c1ccccc1. The van der Waals surface area contributed by atoms with Crippen molar-refractivity contribution >= 4 is 11.9 Å². The zero-order chi connectivity index (χ0) is 19.8. The van der Waals surface area contributed by atoms with E-state index in [4.69, 9.17) is 4.74 Å². The predicted molar refractivity (Wildman–Crippen MR) is 103 cm³/mol. The molecule has 2 aliphatic rings. The van der Waals surface area contributed by atoms with Gasteiger partial charge in [-0.2, -0.15) is 5.10 Å². The molecule has 3 atom stereocenters. The number of amides is 1. The summed E-state index contributed by atoms with van der Waals surface area (Å²) >= 11 is 0. The van der Waals surface area contributed by atoms with Crippen LogP contribution in [0, 0.1) is 19.8 Å². The van der Waals surface area contributed by atoms with E-state index in [-0.39, 0.29) is 29.9 Å². The van der Waals surface area contributed by atoms with E-state index < -0.39 is 0 Å². The minimum atomic E-state index is -0.335. The summed E-state index contributed by atoms with van der Waals surface area (Å²) in [5.41, 5.74) is 4.13. The summed E-state index contributed by atoms with van der Waals surface area (Å²) in [4.78, 5) is 29.7. The van der Waals surface area contributed by atoms with Crippen molar-refractivity contribution in [3.05, 3.63) is 52.8 Å². The van der Waals surface area contributed by atoms with Crippen LogP contribution < -0.4 is 0 Å². The van der Waals surface area contributed by atoms with E-state index in [1.165, 1.54) is 7.11 Å². The van der Waals surface area contributed by atoms with Crippen LogP contribution in [-0.2, 0) is 20.9 Å². The van der Waals surface area contributed by atoms with Crippen LogP contribution in [0.2, 0.25) is 0 Å². The maximum atomic E-state index is 13.1. The number of aryl methyl sites for hydroxylation is 2. The summed E-state index contributed by atoms with van der Waals surface area (Å²) in [6.45, 7) is 5.75. The van der Waals surface area contributed by atoms with E-state index in [0.717, 1.165) is 29.1 Å². The number of nitrogens with one attached hydrogen (secondary N) is 1. The van der Waals surface area contributed by atoms with Gasteiger partial charge in [0.15, 0.2) is 0 Å². The zero-order valence-corrected chi connectivity index (χ0v) is 16.5. The van der Waals surface area contributed by atoms with E-state index in [2.05, 4.69) is 15.1 Å². The molecular weight excluding hydrogens is 356 g/mol. The van der Waals surface area contributed by atoms with Gasteiger partial charge in [-0.3, -0.25) is 19.6 Å². The van der Waals surface area contributed by atoms with Gasteiger partial charge >= 0.3 is 5.97 Å². The second-order valence-corrected chi connectivity index (χ2v) is 7.76. The first-order valence-corrected chi connectivity index (χ1v) is 9.66. The van der Waals surface area contributed by atoms with Crippen molar-refractivity contribution < 1.29 is 14.3 Å². The number of carbonyl (C=O) groups is 2. The number of fused-ring (bicyclic) bond motifs is 1. The van der Waals surface area contributed by atoms with Gasteiger partial charge in [-0.25, -0.2) is 0 Å². The highest BCUT2D eigenvalue weighted by molar-refractivity contribution is 5.83. The summed E-state index contributed by atoms with van der Waals surface area (Å²) in [7, 11) is 1.42. The van der Waals surface area contributed by atoms with Crippen molar-refractivity contribution in [1.82, 2.24) is 20.0 Å². The summed E-state index contributed by atoms with van der Waals surface area (Å²) in [5.74, 6) is -0.516. The normalized spacial score (nSPS) is 25.0. The van der Waals surface area contributed by atoms with Gasteiger partial charge in [0, 0.05) is 30.4 Å². The molecule has 0 spiro atoms. The number of aromatic amines is 1. The average Bonchev–Trinajstić information content (AvgIpc) is 3.24. The number of benzene rings is 1. The van der Waals surface area contributed by atoms with E-state index in [1.807, 2.05) is 49.1 Å². The summed E-state index contributed by atoms with van der Waals surface area (Å²) in [5, 5.41) is 7.27. The molecule has 0 aliphatic carbocycles. The van der Waals surface area contributed by atoms with Crippen LogP contribution in [0.4, 0.5) is 0 Å². The highest BCUT2D eigenvalue weighted by atomic mass is 16.5. The van der Waals surface area contributed by atoms with Crippen LogP contribution in [0.15, 0.2) is 30.3 Å². The number of ether oxygens (including phenoxy) is 1. The Labute approximate surface area is 164 Å². The first-order chi connectivity index (χ1) is 13.5. The van der Waals surface area contributed by atoms with Crippen molar-refractivity contribution in [2.24, 2.45) is 5.92 Å². The molecule has 2 aliphatic heterocycles. The van der Waals surface area contributed by atoms with Gasteiger partial charge in [0.2, 0.25) is 5.91 Å². The van der Waals surface area contributed by atoms with Crippen molar-refractivity contribution in [3.63, 3.8) is 0 Å². The molecule has 1 aromatic carbocycles. The lowest BCUT2D eigenvalue weighted by atomic mass is 9.93. The Hall–Kier alpha value is -2.67. The molecule has 1 N–H and O–H groups in total. The summed E-state index contributed by atoms with van der Waals surface area (Å²) < 4.78 is 5.07. The van der Waals surface area contributed by atoms with E-state index in [9.17, 15) is 9.59 Å². The van der Waals surface area contributed by atoms with Crippen LogP contribution >= 0.6 is 0 Å². The number of piperazine rings is 1. The van der Waals surface area contributed by atoms with Gasteiger partial charge < -0.3 is 9.64 Å².